The Morgan fingerprint density at radius 3 is 2.57 bits per heavy atom. The summed E-state index contributed by atoms with van der Waals surface area (Å²) in [6.45, 7) is 2.53. The summed E-state index contributed by atoms with van der Waals surface area (Å²) >= 11 is 3.44. The molecule has 2 aromatic heterocycles. The first-order valence-electron chi connectivity index (χ1n) is 11.4. The Bertz CT molecular complexity index is 1830. The predicted molar refractivity (Wildman–Crippen MR) is 146 cm³/mol. The van der Waals surface area contributed by atoms with E-state index in [-0.39, 0.29) is 5.56 Å². The maximum Gasteiger partial charge on any atom is 0.282 e. The number of para-hydroxylation sites is 1. The SMILES string of the molecule is Cc1nc2ccc(Br)cc2c(=O)n1N=Cc1cn(Cc2cccc3ccccc23)c2ccccc12. The zero-order valence-electron chi connectivity index (χ0n) is 19.0. The van der Waals surface area contributed by atoms with E-state index in [1.165, 1.54) is 21.0 Å². The number of hydrogen-bond donors (Lipinski definition) is 0. The number of halogens is 1. The number of benzene rings is 4. The summed E-state index contributed by atoms with van der Waals surface area (Å²) in [6.07, 6.45) is 3.85. The van der Waals surface area contributed by atoms with Crippen LogP contribution in [0.4, 0.5) is 0 Å². The minimum atomic E-state index is -0.190. The lowest BCUT2D eigenvalue weighted by Crippen LogP contribution is -2.20. The number of aryl methyl sites for hydroxylation is 1. The van der Waals surface area contributed by atoms with E-state index in [9.17, 15) is 4.79 Å². The molecular formula is C29H21BrN4O. The summed E-state index contributed by atoms with van der Waals surface area (Å²) in [5, 5.41) is 8.65. The maximum atomic E-state index is 13.1. The lowest BCUT2D eigenvalue weighted by atomic mass is 10.0. The fraction of sp³-hybridized carbons (Fsp3) is 0.0690. The van der Waals surface area contributed by atoms with Gasteiger partial charge in [0.1, 0.15) is 5.82 Å². The van der Waals surface area contributed by atoms with E-state index in [4.69, 9.17) is 0 Å². The molecule has 6 aromatic rings. The van der Waals surface area contributed by atoms with Gasteiger partial charge in [0.05, 0.1) is 17.1 Å². The van der Waals surface area contributed by atoms with Gasteiger partial charge in [0.2, 0.25) is 0 Å². The number of nitrogens with zero attached hydrogens (tertiary/aromatic N) is 4. The maximum absolute atomic E-state index is 13.1. The fourth-order valence-corrected chi connectivity index (χ4v) is 5.00. The quantitative estimate of drug-likeness (QED) is 0.249. The molecule has 0 atom stereocenters. The molecule has 5 nitrogen and oxygen atoms in total. The van der Waals surface area contributed by atoms with Crippen LogP contribution in [0.2, 0.25) is 0 Å². The van der Waals surface area contributed by atoms with Crippen LogP contribution in [-0.2, 0) is 6.54 Å². The van der Waals surface area contributed by atoms with Crippen molar-refractivity contribution < 1.29 is 0 Å². The van der Waals surface area contributed by atoms with Gasteiger partial charge in [0, 0.05) is 33.7 Å². The molecule has 2 heterocycles. The van der Waals surface area contributed by atoms with Gasteiger partial charge in [0.25, 0.3) is 5.56 Å². The lowest BCUT2D eigenvalue weighted by molar-refractivity contribution is 0.770. The Kier molecular flexibility index (Phi) is 5.30. The van der Waals surface area contributed by atoms with E-state index < -0.39 is 0 Å². The predicted octanol–water partition coefficient (Wildman–Crippen LogP) is 6.51. The first kappa shape index (κ1) is 21.5. The molecule has 0 saturated heterocycles. The zero-order valence-corrected chi connectivity index (χ0v) is 20.6. The highest BCUT2D eigenvalue weighted by Crippen LogP contribution is 2.25. The highest BCUT2D eigenvalue weighted by atomic mass is 79.9. The van der Waals surface area contributed by atoms with Crippen LogP contribution in [0.25, 0.3) is 32.6 Å². The average molecular weight is 521 g/mol. The second-order valence-electron chi connectivity index (χ2n) is 8.55. The van der Waals surface area contributed by atoms with Crippen LogP contribution < -0.4 is 5.56 Å². The summed E-state index contributed by atoms with van der Waals surface area (Å²) in [5.41, 5.74) is 3.79. The highest BCUT2D eigenvalue weighted by Gasteiger charge is 2.11. The number of aromatic nitrogens is 3. The van der Waals surface area contributed by atoms with Crippen LogP contribution in [-0.4, -0.2) is 20.4 Å². The summed E-state index contributed by atoms with van der Waals surface area (Å²) in [5.74, 6) is 0.542. The molecular weight excluding hydrogens is 500 g/mol. The molecule has 35 heavy (non-hydrogen) atoms. The van der Waals surface area contributed by atoms with Gasteiger partial charge in [-0.05, 0) is 47.5 Å². The molecule has 170 valence electrons. The zero-order chi connectivity index (χ0) is 23.9. The largest absolute Gasteiger partial charge is 0.342 e. The van der Waals surface area contributed by atoms with Crippen molar-refractivity contribution in [1.82, 2.24) is 14.2 Å². The van der Waals surface area contributed by atoms with Gasteiger partial charge in [-0.1, -0.05) is 76.6 Å². The van der Waals surface area contributed by atoms with E-state index in [0.29, 0.717) is 16.7 Å². The Balaban J connectivity index is 1.44. The number of fused-ring (bicyclic) bond motifs is 3. The van der Waals surface area contributed by atoms with Gasteiger partial charge < -0.3 is 4.57 Å². The lowest BCUT2D eigenvalue weighted by Gasteiger charge is -2.09. The first-order valence-corrected chi connectivity index (χ1v) is 12.2. The third kappa shape index (κ3) is 3.86. The van der Waals surface area contributed by atoms with Crippen molar-refractivity contribution in [3.8, 4) is 0 Å². The van der Waals surface area contributed by atoms with E-state index in [2.05, 4.69) is 91.4 Å². The third-order valence-electron chi connectivity index (χ3n) is 6.32. The van der Waals surface area contributed by atoms with Crippen molar-refractivity contribution in [2.75, 3.05) is 0 Å². The second kappa shape index (κ2) is 8.64. The smallest absolute Gasteiger partial charge is 0.282 e. The van der Waals surface area contributed by atoms with Crippen molar-refractivity contribution in [3.05, 3.63) is 123 Å². The molecule has 4 aromatic carbocycles. The third-order valence-corrected chi connectivity index (χ3v) is 6.82. The summed E-state index contributed by atoms with van der Waals surface area (Å²) in [4.78, 5) is 17.7. The van der Waals surface area contributed by atoms with Gasteiger partial charge in [-0.25, -0.2) is 4.98 Å². The van der Waals surface area contributed by atoms with Crippen molar-refractivity contribution >= 4 is 54.7 Å². The highest BCUT2D eigenvalue weighted by molar-refractivity contribution is 9.10. The monoisotopic (exact) mass is 520 g/mol. The molecule has 0 radical (unpaired) electrons. The Morgan fingerprint density at radius 2 is 1.69 bits per heavy atom. The molecule has 0 unspecified atom stereocenters. The Hall–Kier alpha value is -4.03. The van der Waals surface area contributed by atoms with Crippen LogP contribution >= 0.6 is 15.9 Å². The minimum absolute atomic E-state index is 0.190. The van der Waals surface area contributed by atoms with E-state index in [1.807, 2.05) is 24.3 Å². The second-order valence-corrected chi connectivity index (χ2v) is 9.47. The summed E-state index contributed by atoms with van der Waals surface area (Å²) in [7, 11) is 0. The van der Waals surface area contributed by atoms with Crippen molar-refractivity contribution in [1.29, 1.82) is 0 Å². The van der Waals surface area contributed by atoms with E-state index >= 15 is 0 Å². The standard InChI is InChI=1S/C29H21BrN4O/c1-19-32-27-14-13-23(30)15-26(27)29(35)34(19)31-16-22-18-33(28-12-5-4-11-25(22)28)17-21-9-6-8-20-7-2-3-10-24(20)21/h2-16,18H,17H2,1H3. The van der Waals surface area contributed by atoms with E-state index in [0.717, 1.165) is 27.5 Å². The van der Waals surface area contributed by atoms with Gasteiger partial charge in [0.15, 0.2) is 0 Å². The minimum Gasteiger partial charge on any atom is -0.342 e. The molecule has 0 amide bonds. The molecule has 0 aliphatic heterocycles. The van der Waals surface area contributed by atoms with Crippen molar-refractivity contribution in [2.45, 2.75) is 13.5 Å². The van der Waals surface area contributed by atoms with Crippen LogP contribution in [0.3, 0.4) is 0 Å². The van der Waals surface area contributed by atoms with Crippen LogP contribution in [0.5, 0.6) is 0 Å². The van der Waals surface area contributed by atoms with Crippen LogP contribution in [0, 0.1) is 6.92 Å². The van der Waals surface area contributed by atoms with Crippen molar-refractivity contribution in [2.24, 2.45) is 5.10 Å². The van der Waals surface area contributed by atoms with Crippen LogP contribution in [0.1, 0.15) is 17.0 Å². The van der Waals surface area contributed by atoms with E-state index in [1.54, 1.807) is 19.2 Å². The molecule has 0 aliphatic rings. The summed E-state index contributed by atoms with van der Waals surface area (Å²) in [6, 6.07) is 28.6. The van der Waals surface area contributed by atoms with Gasteiger partial charge in [-0.15, -0.1) is 0 Å². The molecule has 6 heteroatoms. The summed E-state index contributed by atoms with van der Waals surface area (Å²) < 4.78 is 4.44. The number of hydrogen-bond acceptors (Lipinski definition) is 3. The average Bonchev–Trinajstić information content (AvgIpc) is 3.22. The first-order chi connectivity index (χ1) is 17.1. The molecule has 0 fully saturated rings. The Morgan fingerprint density at radius 1 is 0.914 bits per heavy atom. The molecule has 0 spiro atoms. The molecule has 0 aliphatic carbocycles. The molecule has 6 rings (SSSR count). The van der Waals surface area contributed by atoms with Gasteiger partial charge in [-0.2, -0.15) is 9.78 Å². The molecule has 0 N–H and O–H groups in total. The van der Waals surface area contributed by atoms with Crippen LogP contribution in [0.15, 0.2) is 105 Å². The fourth-order valence-electron chi connectivity index (χ4n) is 4.64. The van der Waals surface area contributed by atoms with Gasteiger partial charge in [-0.3, -0.25) is 4.79 Å². The normalized spacial score (nSPS) is 11.8. The number of rotatable bonds is 4. The Labute approximate surface area is 210 Å². The molecule has 0 saturated carbocycles. The van der Waals surface area contributed by atoms with Crippen molar-refractivity contribution in [3.63, 3.8) is 0 Å². The topological polar surface area (TPSA) is 52.2 Å². The van der Waals surface area contributed by atoms with Gasteiger partial charge >= 0.3 is 0 Å². The molecule has 0 bridgehead atoms.